The zero-order chi connectivity index (χ0) is 10.4. The Kier molecular flexibility index (Phi) is 3.96. The molecule has 0 fully saturated rings. The number of hydrogen-bond donors (Lipinski definition) is 2. The quantitative estimate of drug-likeness (QED) is 0.376. The number of hydrogen-bond acceptors (Lipinski definition) is 5. The number of nitrogens with zero attached hydrogens (tertiary/aromatic N) is 2. The third kappa shape index (κ3) is 2.75. The number of carbonyl (C=O) groups excluding carboxylic acids is 1. The first kappa shape index (κ1) is 10.6. The highest BCUT2D eigenvalue weighted by molar-refractivity contribution is 5.93. The minimum Gasteiger partial charge on any atom is -0.384 e. The minimum atomic E-state index is -0.400. The van der Waals surface area contributed by atoms with E-state index in [1.165, 1.54) is 12.4 Å². The molecule has 0 saturated carbocycles. The maximum Gasteiger partial charge on any atom is 0.268 e. The molecule has 0 radical (unpaired) electrons. The van der Waals surface area contributed by atoms with Gasteiger partial charge in [0.25, 0.3) is 5.91 Å². The smallest absolute Gasteiger partial charge is 0.268 e. The summed E-state index contributed by atoms with van der Waals surface area (Å²) in [5.41, 5.74) is 2.34. The summed E-state index contributed by atoms with van der Waals surface area (Å²) in [6, 6.07) is 0. The third-order valence-electron chi connectivity index (χ3n) is 1.63. The van der Waals surface area contributed by atoms with Gasteiger partial charge in [-0.2, -0.15) is 0 Å². The molecule has 0 aliphatic rings. The van der Waals surface area contributed by atoms with Crippen LogP contribution in [-0.4, -0.2) is 29.6 Å². The number of rotatable bonds is 4. The lowest BCUT2D eigenvalue weighted by Gasteiger charge is -2.00. The second-order valence-electron chi connectivity index (χ2n) is 2.60. The van der Waals surface area contributed by atoms with Crippen molar-refractivity contribution in [2.75, 3.05) is 13.7 Å². The number of methoxy groups -OCH3 is 1. The average Bonchev–Trinajstić information content (AvgIpc) is 2.26. The molecule has 0 saturated heterocycles. The van der Waals surface area contributed by atoms with Gasteiger partial charge < -0.3 is 4.74 Å². The number of amides is 1. The van der Waals surface area contributed by atoms with Crippen molar-refractivity contribution in [3.8, 4) is 0 Å². The van der Waals surface area contributed by atoms with Gasteiger partial charge in [0.1, 0.15) is 5.82 Å². The fourth-order valence-corrected chi connectivity index (χ4v) is 0.878. The van der Waals surface area contributed by atoms with Crippen molar-refractivity contribution in [1.82, 2.24) is 15.4 Å². The molecule has 0 spiro atoms. The van der Waals surface area contributed by atoms with Gasteiger partial charge in [-0.1, -0.05) is 0 Å². The lowest BCUT2D eigenvalue weighted by atomic mass is 10.3. The lowest BCUT2D eigenvalue weighted by molar-refractivity contribution is 0.0953. The summed E-state index contributed by atoms with van der Waals surface area (Å²) in [7, 11) is 1.61. The number of ether oxygens (including phenoxy) is 1. The minimum absolute atomic E-state index is 0.341. The molecular formula is C8H12N4O2. The van der Waals surface area contributed by atoms with Crippen molar-refractivity contribution in [3.05, 3.63) is 23.8 Å². The molecule has 0 bridgehead atoms. The normalized spacial score (nSPS) is 9.86. The van der Waals surface area contributed by atoms with Gasteiger partial charge in [0.15, 0.2) is 0 Å². The third-order valence-corrected chi connectivity index (χ3v) is 1.63. The van der Waals surface area contributed by atoms with Gasteiger partial charge in [0.05, 0.1) is 12.2 Å². The van der Waals surface area contributed by atoms with Crippen LogP contribution in [0.4, 0.5) is 0 Å². The summed E-state index contributed by atoms with van der Waals surface area (Å²) >= 11 is 0. The van der Waals surface area contributed by atoms with Crippen LogP contribution in [0.2, 0.25) is 0 Å². The molecule has 1 aromatic heterocycles. The van der Waals surface area contributed by atoms with Crippen molar-refractivity contribution in [2.45, 2.75) is 6.42 Å². The van der Waals surface area contributed by atoms with E-state index in [9.17, 15) is 4.79 Å². The van der Waals surface area contributed by atoms with Gasteiger partial charge in [-0.15, -0.1) is 0 Å². The lowest BCUT2D eigenvalue weighted by Crippen LogP contribution is -2.30. The van der Waals surface area contributed by atoms with E-state index in [0.717, 1.165) is 0 Å². The van der Waals surface area contributed by atoms with E-state index in [1.54, 1.807) is 7.11 Å². The maximum atomic E-state index is 11.0. The standard InChI is InChI=1S/C8H12N4O2/c1-14-3-2-7-10-4-6(5-11-7)8(13)12-9/h4-5H,2-3,9H2,1H3,(H,12,13). The van der Waals surface area contributed by atoms with Crippen LogP contribution in [0, 0.1) is 0 Å². The van der Waals surface area contributed by atoms with Crippen LogP contribution < -0.4 is 11.3 Å². The molecule has 0 atom stereocenters. The average molecular weight is 196 g/mol. The summed E-state index contributed by atoms with van der Waals surface area (Å²) < 4.78 is 4.87. The van der Waals surface area contributed by atoms with Gasteiger partial charge in [-0.3, -0.25) is 10.2 Å². The van der Waals surface area contributed by atoms with E-state index in [4.69, 9.17) is 10.6 Å². The van der Waals surface area contributed by atoms with Crippen LogP contribution in [0.15, 0.2) is 12.4 Å². The Morgan fingerprint density at radius 2 is 2.21 bits per heavy atom. The number of nitrogens with two attached hydrogens (primary N) is 1. The molecular weight excluding hydrogens is 184 g/mol. The maximum absolute atomic E-state index is 11.0. The molecule has 1 heterocycles. The molecule has 0 unspecified atom stereocenters. The van der Waals surface area contributed by atoms with Gasteiger partial charge in [-0.25, -0.2) is 15.8 Å². The van der Waals surface area contributed by atoms with Gasteiger partial charge in [-0.05, 0) is 0 Å². The molecule has 1 amide bonds. The van der Waals surface area contributed by atoms with Crippen molar-refractivity contribution >= 4 is 5.91 Å². The van der Waals surface area contributed by atoms with Gasteiger partial charge in [0, 0.05) is 25.9 Å². The Hall–Kier alpha value is -1.53. The number of carbonyl (C=O) groups is 1. The van der Waals surface area contributed by atoms with Crippen LogP contribution in [-0.2, 0) is 11.2 Å². The second kappa shape index (κ2) is 5.25. The molecule has 1 aromatic rings. The van der Waals surface area contributed by atoms with Crippen LogP contribution in [0.1, 0.15) is 16.2 Å². The highest BCUT2D eigenvalue weighted by Crippen LogP contribution is 1.96. The molecule has 0 aliphatic heterocycles. The number of aromatic nitrogens is 2. The highest BCUT2D eigenvalue weighted by atomic mass is 16.5. The fourth-order valence-electron chi connectivity index (χ4n) is 0.878. The number of hydrazine groups is 1. The summed E-state index contributed by atoms with van der Waals surface area (Å²) in [5, 5.41) is 0. The Bertz CT molecular complexity index is 299. The van der Waals surface area contributed by atoms with Crippen LogP contribution in [0.3, 0.4) is 0 Å². The molecule has 3 N–H and O–H groups in total. The Balaban J connectivity index is 2.63. The van der Waals surface area contributed by atoms with E-state index in [1.807, 2.05) is 5.43 Å². The van der Waals surface area contributed by atoms with Crippen molar-refractivity contribution in [3.63, 3.8) is 0 Å². The fraction of sp³-hybridized carbons (Fsp3) is 0.375. The first-order chi connectivity index (χ1) is 6.77. The van der Waals surface area contributed by atoms with Crippen LogP contribution >= 0.6 is 0 Å². The Morgan fingerprint density at radius 3 is 2.71 bits per heavy atom. The van der Waals surface area contributed by atoms with Crippen molar-refractivity contribution < 1.29 is 9.53 Å². The van der Waals surface area contributed by atoms with Crippen molar-refractivity contribution in [2.24, 2.45) is 5.84 Å². The summed E-state index contributed by atoms with van der Waals surface area (Å²) in [5.74, 6) is 5.19. The molecule has 1 rings (SSSR count). The number of nitrogen functional groups attached to an aromatic ring is 1. The SMILES string of the molecule is COCCc1ncc(C(=O)NN)cn1. The summed E-state index contributed by atoms with van der Waals surface area (Å²) in [4.78, 5) is 19.0. The predicted molar refractivity (Wildman–Crippen MR) is 49.3 cm³/mol. The molecule has 0 aliphatic carbocycles. The second-order valence-corrected chi connectivity index (χ2v) is 2.60. The van der Waals surface area contributed by atoms with E-state index >= 15 is 0 Å². The van der Waals surface area contributed by atoms with Gasteiger partial charge in [0.2, 0.25) is 0 Å². The summed E-state index contributed by atoms with van der Waals surface area (Å²) in [6.45, 7) is 0.558. The first-order valence-electron chi connectivity index (χ1n) is 4.08. The molecule has 6 nitrogen and oxygen atoms in total. The first-order valence-corrected chi connectivity index (χ1v) is 4.08. The monoisotopic (exact) mass is 196 g/mol. The molecule has 6 heteroatoms. The zero-order valence-corrected chi connectivity index (χ0v) is 7.86. The van der Waals surface area contributed by atoms with E-state index < -0.39 is 5.91 Å². The topological polar surface area (TPSA) is 90.1 Å². The van der Waals surface area contributed by atoms with Crippen LogP contribution in [0.25, 0.3) is 0 Å². The van der Waals surface area contributed by atoms with Gasteiger partial charge >= 0.3 is 0 Å². The largest absolute Gasteiger partial charge is 0.384 e. The molecule has 14 heavy (non-hydrogen) atoms. The molecule has 76 valence electrons. The summed E-state index contributed by atoms with van der Waals surface area (Å²) in [6.07, 6.45) is 3.49. The Morgan fingerprint density at radius 1 is 1.57 bits per heavy atom. The predicted octanol–water partition coefficient (Wildman–Crippen LogP) is -0.731. The Labute approximate surface area is 81.5 Å². The van der Waals surface area contributed by atoms with Crippen molar-refractivity contribution in [1.29, 1.82) is 0 Å². The highest BCUT2D eigenvalue weighted by Gasteiger charge is 2.04. The van der Waals surface area contributed by atoms with E-state index in [2.05, 4.69) is 9.97 Å². The van der Waals surface area contributed by atoms with Crippen LogP contribution in [0.5, 0.6) is 0 Å². The van der Waals surface area contributed by atoms with E-state index in [-0.39, 0.29) is 0 Å². The number of nitrogens with one attached hydrogen (secondary N) is 1. The zero-order valence-electron chi connectivity index (χ0n) is 7.86. The molecule has 0 aromatic carbocycles. The van der Waals surface area contributed by atoms with E-state index in [0.29, 0.717) is 24.4 Å².